The molecule has 2 N–H and O–H groups in total. The molecule has 0 amide bonds. The number of benzene rings is 1. The molecule has 0 fully saturated rings. The van der Waals surface area contributed by atoms with Crippen LogP contribution in [0.1, 0.15) is 48.5 Å². The number of nitrogens with one attached hydrogen (secondary N) is 1. The van der Waals surface area contributed by atoms with Crippen LogP contribution >= 0.6 is 11.3 Å². The summed E-state index contributed by atoms with van der Waals surface area (Å²) in [4.78, 5) is 23.8. The summed E-state index contributed by atoms with van der Waals surface area (Å²) in [5.74, 6) is 0.508. The zero-order valence-electron chi connectivity index (χ0n) is 16.2. The van der Waals surface area contributed by atoms with Crippen LogP contribution in [-0.2, 0) is 24.1 Å². The SMILES string of the molecule is CC(C)C(Nc1nc(Cc2ccccc2)nc2sc3c(c12)CCCC3)C(=O)O. The molecule has 2 heterocycles. The molecule has 0 bridgehead atoms. The van der Waals surface area contributed by atoms with Crippen LogP contribution in [0.15, 0.2) is 30.3 Å². The van der Waals surface area contributed by atoms with Crippen LogP contribution in [0.3, 0.4) is 0 Å². The van der Waals surface area contributed by atoms with Crippen LogP contribution in [-0.4, -0.2) is 27.1 Å². The summed E-state index contributed by atoms with van der Waals surface area (Å²) in [5.41, 5.74) is 2.46. The van der Waals surface area contributed by atoms with Crippen molar-refractivity contribution in [1.82, 2.24) is 9.97 Å². The first-order valence-corrected chi connectivity index (χ1v) is 10.7. The third-order valence-electron chi connectivity index (χ3n) is 5.29. The Balaban J connectivity index is 1.81. The van der Waals surface area contributed by atoms with Crippen molar-refractivity contribution in [2.75, 3.05) is 5.32 Å². The van der Waals surface area contributed by atoms with Gasteiger partial charge in [0.1, 0.15) is 22.5 Å². The highest BCUT2D eigenvalue weighted by atomic mass is 32.1. The summed E-state index contributed by atoms with van der Waals surface area (Å²) >= 11 is 1.74. The lowest BCUT2D eigenvalue weighted by Crippen LogP contribution is -2.34. The number of aryl methyl sites for hydroxylation is 2. The highest BCUT2D eigenvalue weighted by molar-refractivity contribution is 7.19. The smallest absolute Gasteiger partial charge is 0.326 e. The summed E-state index contributed by atoms with van der Waals surface area (Å²) in [7, 11) is 0. The Morgan fingerprint density at radius 3 is 2.64 bits per heavy atom. The molecule has 0 spiro atoms. The van der Waals surface area contributed by atoms with Crippen molar-refractivity contribution in [3.05, 3.63) is 52.2 Å². The Hall–Kier alpha value is -2.47. The monoisotopic (exact) mass is 395 g/mol. The van der Waals surface area contributed by atoms with E-state index in [1.165, 1.54) is 16.9 Å². The van der Waals surface area contributed by atoms with Gasteiger partial charge in [0.15, 0.2) is 0 Å². The van der Waals surface area contributed by atoms with Gasteiger partial charge in [-0.25, -0.2) is 14.8 Å². The number of carbonyl (C=O) groups is 1. The molecule has 0 radical (unpaired) electrons. The van der Waals surface area contributed by atoms with Crippen LogP contribution in [0.5, 0.6) is 0 Å². The first-order chi connectivity index (χ1) is 13.5. The molecule has 4 rings (SSSR count). The number of hydrogen-bond acceptors (Lipinski definition) is 5. The van der Waals surface area contributed by atoms with E-state index in [2.05, 4.69) is 17.4 Å². The van der Waals surface area contributed by atoms with E-state index in [1.54, 1.807) is 11.3 Å². The number of rotatable bonds is 6. The van der Waals surface area contributed by atoms with Crippen LogP contribution in [0.25, 0.3) is 10.2 Å². The molecule has 0 saturated heterocycles. The van der Waals surface area contributed by atoms with Crippen LogP contribution in [0, 0.1) is 5.92 Å². The number of aliphatic carboxylic acids is 1. The lowest BCUT2D eigenvalue weighted by molar-refractivity contribution is -0.138. The summed E-state index contributed by atoms with van der Waals surface area (Å²) in [6, 6.07) is 9.46. The van der Waals surface area contributed by atoms with Crippen LogP contribution < -0.4 is 5.32 Å². The number of nitrogens with zero attached hydrogens (tertiary/aromatic N) is 2. The second kappa shape index (κ2) is 7.87. The fourth-order valence-corrected chi connectivity index (χ4v) is 5.10. The molecule has 0 saturated carbocycles. The molecule has 1 aliphatic rings. The van der Waals surface area contributed by atoms with Gasteiger partial charge >= 0.3 is 5.97 Å². The third-order valence-corrected chi connectivity index (χ3v) is 6.48. The van der Waals surface area contributed by atoms with Gasteiger partial charge < -0.3 is 10.4 Å². The van der Waals surface area contributed by atoms with Crippen molar-refractivity contribution >= 4 is 33.3 Å². The number of carboxylic acid groups (broad SMARTS) is 1. The zero-order valence-corrected chi connectivity index (χ0v) is 17.1. The number of fused-ring (bicyclic) bond motifs is 3. The minimum atomic E-state index is -0.851. The molecular weight excluding hydrogens is 370 g/mol. The maximum atomic E-state index is 11.8. The van der Waals surface area contributed by atoms with Gasteiger partial charge in [0, 0.05) is 11.3 Å². The lowest BCUT2D eigenvalue weighted by Gasteiger charge is -2.20. The molecule has 5 nitrogen and oxygen atoms in total. The van der Waals surface area contributed by atoms with Gasteiger partial charge in [0.25, 0.3) is 0 Å². The Bertz CT molecular complexity index is 998. The molecular formula is C22H25N3O2S. The predicted octanol–water partition coefficient (Wildman–Crippen LogP) is 4.68. The number of thiophene rings is 1. The highest BCUT2D eigenvalue weighted by Gasteiger charge is 2.26. The van der Waals surface area contributed by atoms with Gasteiger partial charge in [-0.3, -0.25) is 0 Å². The summed E-state index contributed by atoms with van der Waals surface area (Å²) < 4.78 is 0. The Morgan fingerprint density at radius 1 is 1.18 bits per heavy atom. The van der Waals surface area contributed by atoms with Crippen LogP contribution in [0.2, 0.25) is 0 Å². The van der Waals surface area contributed by atoms with Gasteiger partial charge in [-0.05, 0) is 42.7 Å². The van der Waals surface area contributed by atoms with Crippen molar-refractivity contribution in [1.29, 1.82) is 0 Å². The second-order valence-electron chi connectivity index (χ2n) is 7.75. The van der Waals surface area contributed by atoms with E-state index >= 15 is 0 Å². The van der Waals surface area contributed by atoms with Crippen molar-refractivity contribution in [2.24, 2.45) is 5.92 Å². The van der Waals surface area contributed by atoms with Gasteiger partial charge in [-0.15, -0.1) is 11.3 Å². The van der Waals surface area contributed by atoms with Gasteiger partial charge in [-0.2, -0.15) is 0 Å². The van der Waals surface area contributed by atoms with Crippen molar-refractivity contribution in [3.63, 3.8) is 0 Å². The van der Waals surface area contributed by atoms with Crippen molar-refractivity contribution in [3.8, 4) is 0 Å². The maximum Gasteiger partial charge on any atom is 0.326 e. The molecule has 6 heteroatoms. The van der Waals surface area contributed by atoms with E-state index in [-0.39, 0.29) is 5.92 Å². The molecule has 1 atom stereocenters. The first kappa shape index (κ1) is 18.9. The largest absolute Gasteiger partial charge is 0.480 e. The number of aromatic nitrogens is 2. The topological polar surface area (TPSA) is 75.1 Å². The lowest BCUT2D eigenvalue weighted by atomic mass is 9.96. The van der Waals surface area contributed by atoms with E-state index in [0.717, 1.165) is 40.9 Å². The molecule has 1 aromatic carbocycles. The fourth-order valence-electron chi connectivity index (χ4n) is 3.82. The summed E-state index contributed by atoms with van der Waals surface area (Å²) in [6.07, 6.45) is 5.10. The molecule has 1 aliphatic carbocycles. The molecule has 2 aromatic heterocycles. The van der Waals surface area contributed by atoms with Gasteiger partial charge in [-0.1, -0.05) is 44.2 Å². The number of anilines is 1. The minimum Gasteiger partial charge on any atom is -0.480 e. The number of hydrogen-bond donors (Lipinski definition) is 2. The van der Waals surface area contributed by atoms with Crippen LogP contribution in [0.4, 0.5) is 5.82 Å². The molecule has 146 valence electrons. The second-order valence-corrected chi connectivity index (χ2v) is 8.83. The first-order valence-electron chi connectivity index (χ1n) is 9.87. The van der Waals surface area contributed by atoms with Crippen molar-refractivity contribution < 1.29 is 9.90 Å². The molecule has 28 heavy (non-hydrogen) atoms. The van der Waals surface area contributed by atoms with Crippen molar-refractivity contribution in [2.45, 2.75) is 52.0 Å². The van der Waals surface area contributed by atoms with E-state index in [4.69, 9.17) is 9.97 Å². The molecule has 0 aliphatic heterocycles. The Labute approximate surface area is 168 Å². The average Bonchev–Trinajstić information content (AvgIpc) is 3.04. The van der Waals surface area contributed by atoms with E-state index < -0.39 is 12.0 Å². The van der Waals surface area contributed by atoms with E-state index in [9.17, 15) is 9.90 Å². The van der Waals surface area contributed by atoms with E-state index in [1.807, 2.05) is 32.0 Å². The number of carboxylic acids is 1. The van der Waals surface area contributed by atoms with E-state index in [0.29, 0.717) is 12.2 Å². The third kappa shape index (κ3) is 3.74. The summed E-state index contributed by atoms with van der Waals surface area (Å²) in [5, 5.41) is 13.9. The average molecular weight is 396 g/mol. The Morgan fingerprint density at radius 2 is 1.93 bits per heavy atom. The Kier molecular flexibility index (Phi) is 5.31. The zero-order chi connectivity index (χ0) is 19.7. The predicted molar refractivity (Wildman–Crippen MR) is 113 cm³/mol. The van der Waals surface area contributed by atoms with Gasteiger partial charge in [0.2, 0.25) is 0 Å². The fraction of sp³-hybridized carbons (Fsp3) is 0.409. The molecule has 1 unspecified atom stereocenters. The standard InChI is InChI=1S/C22H25N3O2S/c1-13(2)19(22(26)27)25-20-18-15-10-6-7-11-16(15)28-21(18)24-17(23-20)12-14-8-4-3-5-9-14/h3-5,8-9,13,19H,6-7,10-12H2,1-2H3,(H,26,27)(H,23,24,25). The maximum absolute atomic E-state index is 11.8. The minimum absolute atomic E-state index is 0.0467. The van der Waals surface area contributed by atoms with Gasteiger partial charge in [0.05, 0.1) is 5.39 Å². The normalized spacial score (nSPS) is 14.8. The molecule has 3 aromatic rings. The quantitative estimate of drug-likeness (QED) is 0.634. The summed E-state index contributed by atoms with van der Waals surface area (Å²) in [6.45, 7) is 3.83. The highest BCUT2D eigenvalue weighted by Crippen LogP contribution is 2.39.